The first-order chi connectivity index (χ1) is 12.4. The maximum atomic E-state index is 12.4. The van der Waals surface area contributed by atoms with E-state index in [-0.39, 0.29) is 6.61 Å². The lowest BCUT2D eigenvalue weighted by Gasteiger charge is -2.22. The number of nitrogens with one attached hydrogen (secondary N) is 1. The van der Waals surface area contributed by atoms with Crippen molar-refractivity contribution in [3.63, 3.8) is 0 Å². The van der Waals surface area contributed by atoms with Crippen LogP contribution in [0.2, 0.25) is 0 Å². The average molecular weight is 397 g/mol. The van der Waals surface area contributed by atoms with Gasteiger partial charge in [-0.1, -0.05) is 30.3 Å². The van der Waals surface area contributed by atoms with Crippen molar-refractivity contribution in [2.45, 2.75) is 45.4 Å². The second-order valence-electron chi connectivity index (χ2n) is 7.38. The van der Waals surface area contributed by atoms with Crippen molar-refractivity contribution in [3.05, 3.63) is 35.9 Å². The number of carbonyl (C=O) groups is 3. The van der Waals surface area contributed by atoms with Crippen molar-refractivity contribution < 1.29 is 28.1 Å². The number of hydrogen-bond donors (Lipinski definition) is 1. The van der Waals surface area contributed by atoms with E-state index in [1.54, 1.807) is 32.9 Å². The first-order valence-electron chi connectivity index (χ1n) is 8.37. The fourth-order valence-corrected chi connectivity index (χ4v) is 2.72. The molecule has 0 bridgehead atoms. The largest absolute Gasteiger partial charge is 0.461 e. The zero-order valence-electron chi connectivity index (χ0n) is 16.3. The first kappa shape index (κ1) is 22.7. The number of carbonyl (C=O) groups excluding carboxylic acids is 3. The summed E-state index contributed by atoms with van der Waals surface area (Å²) in [4.78, 5) is 36.4. The molecule has 1 amide bonds. The summed E-state index contributed by atoms with van der Waals surface area (Å²) in [5, 5.41) is 3.37. The number of alkyl carbamates (subject to hydrolysis) is 1. The van der Waals surface area contributed by atoms with Crippen molar-refractivity contribution in [2.75, 3.05) is 12.5 Å². The molecule has 0 unspecified atom stereocenters. The van der Waals surface area contributed by atoms with E-state index in [9.17, 15) is 18.6 Å². The number of ether oxygens (including phenoxy) is 2. The van der Waals surface area contributed by atoms with Gasteiger partial charge in [0.15, 0.2) is 5.78 Å². The van der Waals surface area contributed by atoms with Crippen LogP contribution in [0, 0.1) is 0 Å². The van der Waals surface area contributed by atoms with Gasteiger partial charge in [-0.05, 0) is 35.9 Å². The average Bonchev–Trinajstić information content (AvgIpc) is 2.50. The Kier molecular flexibility index (Phi) is 8.02. The third-order valence-electron chi connectivity index (χ3n) is 3.05. The summed E-state index contributed by atoms with van der Waals surface area (Å²) in [7, 11) is -2.50. The van der Waals surface area contributed by atoms with E-state index < -0.39 is 45.4 Å². The molecule has 27 heavy (non-hydrogen) atoms. The van der Waals surface area contributed by atoms with Gasteiger partial charge in [0.25, 0.3) is 0 Å². The van der Waals surface area contributed by atoms with Crippen LogP contribution in [-0.2, 0) is 35.2 Å². The predicted octanol–water partition coefficient (Wildman–Crippen LogP) is 1.93. The molecule has 1 atom stereocenters. The van der Waals surface area contributed by atoms with Crippen LogP contribution in [0.4, 0.5) is 4.79 Å². The molecule has 0 aromatic heterocycles. The minimum absolute atomic E-state index is 0.0506. The van der Waals surface area contributed by atoms with E-state index in [0.29, 0.717) is 0 Å². The van der Waals surface area contributed by atoms with Gasteiger partial charge >= 0.3 is 12.1 Å². The molecule has 1 aromatic carbocycles. The lowest BCUT2D eigenvalue weighted by atomic mass is 10.1. The molecular formula is C19H27NO6S. The Bertz CT molecular complexity index is 780. The van der Waals surface area contributed by atoms with Crippen LogP contribution in [0.1, 0.15) is 32.8 Å². The Labute approximate surface area is 160 Å². The van der Waals surface area contributed by atoms with E-state index in [4.69, 9.17) is 9.47 Å². The van der Waals surface area contributed by atoms with E-state index in [1.807, 2.05) is 18.2 Å². The smallest absolute Gasteiger partial charge is 0.408 e. The van der Waals surface area contributed by atoms with Crippen molar-refractivity contribution in [1.82, 2.24) is 5.32 Å². The molecule has 0 saturated heterocycles. The zero-order valence-corrected chi connectivity index (χ0v) is 17.1. The lowest BCUT2D eigenvalue weighted by Crippen LogP contribution is -2.45. The molecule has 0 fully saturated rings. The molecule has 0 spiro atoms. The van der Waals surface area contributed by atoms with Gasteiger partial charge in [0.2, 0.25) is 0 Å². The Morgan fingerprint density at radius 1 is 1.15 bits per heavy atom. The Morgan fingerprint density at radius 3 is 2.26 bits per heavy atom. The molecule has 0 aliphatic rings. The number of esters is 1. The lowest BCUT2D eigenvalue weighted by molar-refractivity contribution is -0.146. The van der Waals surface area contributed by atoms with Gasteiger partial charge in [0.05, 0.1) is 6.42 Å². The summed E-state index contributed by atoms with van der Waals surface area (Å²) >= 11 is 0. The first-order valence-corrected chi connectivity index (χ1v) is 10.8. The van der Waals surface area contributed by atoms with Gasteiger partial charge in [-0.2, -0.15) is 0 Å². The monoisotopic (exact) mass is 397 g/mol. The molecule has 1 aromatic rings. The van der Waals surface area contributed by atoms with Crippen LogP contribution < -0.4 is 5.32 Å². The number of ketones is 1. The van der Waals surface area contributed by atoms with E-state index in [0.717, 1.165) is 10.9 Å². The molecule has 8 heteroatoms. The molecule has 0 heterocycles. The summed E-state index contributed by atoms with van der Waals surface area (Å²) in [5.41, 5.74) is 0.0312. The summed E-state index contributed by atoms with van der Waals surface area (Å²) in [6, 6.07) is 7.84. The molecule has 0 radical (unpaired) electrons. The highest BCUT2D eigenvalue weighted by atomic mass is 32.2. The van der Waals surface area contributed by atoms with Crippen LogP contribution in [0.3, 0.4) is 0 Å². The van der Waals surface area contributed by atoms with Gasteiger partial charge < -0.3 is 14.8 Å². The summed E-state index contributed by atoms with van der Waals surface area (Å²) in [6.45, 7) is 5.08. The van der Waals surface area contributed by atoms with Crippen molar-refractivity contribution in [3.8, 4) is 0 Å². The maximum absolute atomic E-state index is 12.4. The van der Waals surface area contributed by atoms with E-state index >= 15 is 0 Å². The number of rotatable bonds is 7. The second kappa shape index (κ2) is 9.55. The quantitative estimate of drug-likeness (QED) is 0.558. The van der Waals surface area contributed by atoms with Crippen LogP contribution in [-0.4, -0.2) is 51.6 Å². The van der Waals surface area contributed by atoms with Gasteiger partial charge in [-0.25, -0.2) is 4.79 Å². The summed E-state index contributed by atoms with van der Waals surface area (Å²) in [6.07, 6.45) is 1.55. The normalized spacial score (nSPS) is 12.6. The summed E-state index contributed by atoms with van der Waals surface area (Å²) in [5.74, 6) is -1.30. The molecule has 0 saturated carbocycles. The molecule has 7 nitrogen and oxygen atoms in total. The highest BCUT2D eigenvalue weighted by Gasteiger charge is 2.26. The van der Waals surface area contributed by atoms with Gasteiger partial charge in [0.1, 0.15) is 18.2 Å². The van der Waals surface area contributed by atoms with Crippen LogP contribution >= 0.6 is 0 Å². The Balaban J connectivity index is 2.80. The molecule has 1 rings (SSSR count). The number of hydrogen-bond acceptors (Lipinski definition) is 6. The van der Waals surface area contributed by atoms with Gasteiger partial charge in [0, 0.05) is 17.9 Å². The number of amides is 1. The van der Waals surface area contributed by atoms with Gasteiger partial charge in [-0.15, -0.1) is 0 Å². The fraction of sp³-hybridized carbons (Fsp3) is 0.474. The van der Waals surface area contributed by atoms with E-state index in [1.165, 1.54) is 12.5 Å². The molecule has 1 N–H and O–H groups in total. The highest BCUT2D eigenvalue weighted by Crippen LogP contribution is 2.08. The zero-order chi connectivity index (χ0) is 20.7. The minimum Gasteiger partial charge on any atom is -0.461 e. The second-order valence-corrected chi connectivity index (χ2v) is 10.2. The molecule has 0 aliphatic heterocycles. The Hall–Kier alpha value is -2.35. The molecular weight excluding hydrogens is 370 g/mol. The molecule has 0 aliphatic carbocycles. The maximum Gasteiger partial charge on any atom is 0.408 e. The highest BCUT2D eigenvalue weighted by molar-refractivity contribution is 8.01. The predicted molar refractivity (Wildman–Crippen MR) is 105 cm³/mol. The third kappa shape index (κ3) is 10.4. The van der Waals surface area contributed by atoms with E-state index in [2.05, 4.69) is 5.32 Å². The molecule has 150 valence electrons. The van der Waals surface area contributed by atoms with Crippen LogP contribution in [0.5, 0.6) is 0 Å². The summed E-state index contributed by atoms with van der Waals surface area (Å²) < 4.78 is 22.1. The van der Waals surface area contributed by atoms with Gasteiger partial charge in [-0.3, -0.25) is 13.8 Å². The van der Waals surface area contributed by atoms with Crippen LogP contribution in [0.25, 0.3) is 0 Å². The number of Topliss-reactive ketones (excluding diaryl/α,β-unsaturated/α-hetero) is 1. The Morgan fingerprint density at radius 2 is 1.74 bits per heavy atom. The topological polar surface area (TPSA) is 98.8 Å². The SMILES string of the molecule is CC(C)(C)OC(=O)N[C@@H](CC(=O)OCc1ccccc1)C(=O)C=S(C)(C)=O. The van der Waals surface area contributed by atoms with Crippen molar-refractivity contribution in [2.24, 2.45) is 0 Å². The standard InChI is InChI=1S/C19H27NO6S/c1-19(2,3)26-18(23)20-15(16(21)13-27(4,5)24)11-17(22)25-12-14-9-7-6-8-10-14/h6-10,13,15H,11-12H2,1-5H3,(H,20,23)/t15-/m0/s1. The minimum atomic E-state index is -2.50. The number of benzene rings is 1. The third-order valence-corrected chi connectivity index (χ3v) is 3.85. The van der Waals surface area contributed by atoms with Crippen molar-refractivity contribution in [1.29, 1.82) is 0 Å². The fourth-order valence-electron chi connectivity index (χ4n) is 2.00. The van der Waals surface area contributed by atoms with Crippen molar-refractivity contribution >= 4 is 32.7 Å². The van der Waals surface area contributed by atoms with Crippen LogP contribution in [0.15, 0.2) is 30.3 Å².